The lowest BCUT2D eigenvalue weighted by Gasteiger charge is -2.37. The van der Waals surface area contributed by atoms with Crippen LogP contribution in [0.15, 0.2) is 12.3 Å². The maximum Gasteiger partial charge on any atom is 0.0492 e. The van der Waals surface area contributed by atoms with Crippen molar-refractivity contribution in [2.45, 2.75) is 39.2 Å². The molecule has 0 aliphatic carbocycles. The Morgan fingerprint density at radius 2 is 2.32 bits per heavy atom. The van der Waals surface area contributed by atoms with Crippen molar-refractivity contribution in [3.05, 3.63) is 18.0 Å². The molecule has 1 fully saturated rings. The van der Waals surface area contributed by atoms with Crippen molar-refractivity contribution in [2.75, 3.05) is 26.2 Å². The van der Waals surface area contributed by atoms with E-state index in [2.05, 4.69) is 35.2 Å². The van der Waals surface area contributed by atoms with E-state index in [9.17, 15) is 0 Å². The van der Waals surface area contributed by atoms with E-state index in [-0.39, 0.29) is 0 Å². The lowest BCUT2D eigenvalue weighted by molar-refractivity contribution is 0.148. The van der Waals surface area contributed by atoms with Gasteiger partial charge >= 0.3 is 0 Å². The molecule has 0 aromatic carbocycles. The minimum absolute atomic E-state index is 0.716. The molecular weight excluding hydrogens is 236 g/mol. The van der Waals surface area contributed by atoms with Crippen LogP contribution in [-0.4, -0.2) is 46.9 Å². The van der Waals surface area contributed by atoms with Crippen LogP contribution in [0.25, 0.3) is 0 Å². The van der Waals surface area contributed by atoms with E-state index in [1.807, 2.05) is 17.9 Å². The van der Waals surface area contributed by atoms with Crippen LogP contribution in [0, 0.1) is 5.92 Å². The van der Waals surface area contributed by atoms with Gasteiger partial charge in [-0.25, -0.2) is 0 Å². The van der Waals surface area contributed by atoms with Crippen molar-refractivity contribution in [2.24, 2.45) is 13.0 Å². The summed E-state index contributed by atoms with van der Waals surface area (Å²) in [4.78, 5) is 2.60. The highest BCUT2D eigenvalue weighted by Crippen LogP contribution is 2.17. The smallest absolute Gasteiger partial charge is 0.0492 e. The summed E-state index contributed by atoms with van der Waals surface area (Å²) in [5.74, 6) is 0.756. The topological polar surface area (TPSA) is 33.1 Å². The van der Waals surface area contributed by atoms with Crippen molar-refractivity contribution in [3.8, 4) is 0 Å². The van der Waals surface area contributed by atoms with E-state index in [4.69, 9.17) is 0 Å². The van der Waals surface area contributed by atoms with Gasteiger partial charge in [0.15, 0.2) is 0 Å². The Kier molecular flexibility index (Phi) is 5.40. The molecule has 1 aliphatic heterocycles. The molecule has 1 saturated heterocycles. The summed E-state index contributed by atoms with van der Waals surface area (Å²) < 4.78 is 1.99. The number of aryl methyl sites for hydroxylation is 1. The summed E-state index contributed by atoms with van der Waals surface area (Å²) in [5, 5.41) is 7.91. The molecule has 2 atom stereocenters. The van der Waals surface area contributed by atoms with E-state index in [0.29, 0.717) is 6.04 Å². The maximum atomic E-state index is 4.23. The highest BCUT2D eigenvalue weighted by atomic mass is 15.3. The summed E-state index contributed by atoms with van der Waals surface area (Å²) in [6, 6.07) is 2.84. The largest absolute Gasteiger partial charge is 0.314 e. The first-order valence-electron chi connectivity index (χ1n) is 7.63. The van der Waals surface area contributed by atoms with Gasteiger partial charge in [-0.05, 0) is 37.9 Å². The van der Waals surface area contributed by atoms with E-state index in [0.717, 1.165) is 25.4 Å². The first-order chi connectivity index (χ1) is 9.20. The van der Waals surface area contributed by atoms with E-state index < -0.39 is 0 Å². The summed E-state index contributed by atoms with van der Waals surface area (Å²) in [7, 11) is 2.03. The van der Waals surface area contributed by atoms with Crippen molar-refractivity contribution in [1.82, 2.24) is 20.0 Å². The average molecular weight is 264 g/mol. The van der Waals surface area contributed by atoms with E-state index in [1.165, 1.54) is 31.6 Å². The van der Waals surface area contributed by atoms with Gasteiger partial charge < -0.3 is 10.2 Å². The Hall–Kier alpha value is -0.870. The SMILES string of the molecule is CCCNC1CCN(CCc2ccnn2C)CC1C. The minimum atomic E-state index is 0.716. The molecule has 2 unspecified atom stereocenters. The predicted molar refractivity (Wildman–Crippen MR) is 79.2 cm³/mol. The molecule has 0 amide bonds. The molecule has 1 N–H and O–H groups in total. The molecule has 19 heavy (non-hydrogen) atoms. The third kappa shape index (κ3) is 4.05. The second kappa shape index (κ2) is 7.06. The molecule has 1 aliphatic rings. The molecular formula is C15H28N4. The van der Waals surface area contributed by atoms with Gasteiger partial charge in [-0.1, -0.05) is 13.8 Å². The number of hydrogen-bond acceptors (Lipinski definition) is 3. The van der Waals surface area contributed by atoms with Gasteiger partial charge in [-0.3, -0.25) is 4.68 Å². The third-order valence-electron chi connectivity index (χ3n) is 4.25. The van der Waals surface area contributed by atoms with Gasteiger partial charge in [0.05, 0.1) is 0 Å². The van der Waals surface area contributed by atoms with Crippen molar-refractivity contribution in [3.63, 3.8) is 0 Å². The van der Waals surface area contributed by atoms with Crippen molar-refractivity contribution >= 4 is 0 Å². The zero-order chi connectivity index (χ0) is 13.7. The molecule has 1 aromatic rings. The lowest BCUT2D eigenvalue weighted by Crippen LogP contribution is -2.48. The molecule has 4 nitrogen and oxygen atoms in total. The highest BCUT2D eigenvalue weighted by molar-refractivity contribution is 5.00. The molecule has 1 aromatic heterocycles. The fourth-order valence-corrected chi connectivity index (χ4v) is 2.99. The third-order valence-corrected chi connectivity index (χ3v) is 4.25. The van der Waals surface area contributed by atoms with Crippen LogP contribution < -0.4 is 5.32 Å². The lowest BCUT2D eigenvalue weighted by atomic mass is 9.93. The van der Waals surface area contributed by atoms with Gasteiger partial charge in [0.1, 0.15) is 0 Å². The van der Waals surface area contributed by atoms with E-state index in [1.54, 1.807) is 0 Å². The fraction of sp³-hybridized carbons (Fsp3) is 0.800. The van der Waals surface area contributed by atoms with Gasteiger partial charge in [0.25, 0.3) is 0 Å². The monoisotopic (exact) mass is 264 g/mol. The molecule has 0 bridgehead atoms. The standard InChI is InChI=1S/C15H28N4/c1-4-8-16-15-7-11-19(12-13(15)2)10-6-14-5-9-17-18(14)3/h5,9,13,15-16H,4,6-8,10-12H2,1-3H3. The summed E-state index contributed by atoms with van der Waals surface area (Å²) >= 11 is 0. The van der Waals surface area contributed by atoms with Gasteiger partial charge in [-0.15, -0.1) is 0 Å². The Labute approximate surface area is 117 Å². The summed E-state index contributed by atoms with van der Waals surface area (Å²) in [5.41, 5.74) is 1.33. The van der Waals surface area contributed by atoms with Gasteiger partial charge in [-0.2, -0.15) is 5.10 Å². The number of aromatic nitrogens is 2. The quantitative estimate of drug-likeness (QED) is 0.848. The Morgan fingerprint density at radius 3 is 2.95 bits per heavy atom. The molecule has 0 saturated carbocycles. The summed E-state index contributed by atoms with van der Waals surface area (Å²) in [6.45, 7) is 9.38. The second-order valence-corrected chi connectivity index (χ2v) is 5.82. The molecule has 2 heterocycles. The molecule has 2 rings (SSSR count). The average Bonchev–Trinajstić information content (AvgIpc) is 2.81. The predicted octanol–water partition coefficient (Wildman–Crippen LogP) is 1.67. The number of nitrogens with one attached hydrogen (secondary N) is 1. The number of nitrogens with zero attached hydrogens (tertiary/aromatic N) is 3. The second-order valence-electron chi connectivity index (χ2n) is 5.82. The van der Waals surface area contributed by atoms with Crippen LogP contribution >= 0.6 is 0 Å². The minimum Gasteiger partial charge on any atom is -0.314 e. The van der Waals surface area contributed by atoms with E-state index >= 15 is 0 Å². The highest BCUT2D eigenvalue weighted by Gasteiger charge is 2.25. The number of piperidine rings is 1. The van der Waals surface area contributed by atoms with Gasteiger partial charge in [0, 0.05) is 44.5 Å². The Morgan fingerprint density at radius 1 is 1.47 bits per heavy atom. The van der Waals surface area contributed by atoms with Crippen LogP contribution in [-0.2, 0) is 13.5 Å². The molecule has 4 heteroatoms. The van der Waals surface area contributed by atoms with Crippen LogP contribution in [0.3, 0.4) is 0 Å². The Balaban J connectivity index is 1.74. The van der Waals surface area contributed by atoms with Crippen LogP contribution in [0.2, 0.25) is 0 Å². The zero-order valence-electron chi connectivity index (χ0n) is 12.6. The van der Waals surface area contributed by atoms with Crippen LogP contribution in [0.1, 0.15) is 32.4 Å². The summed E-state index contributed by atoms with van der Waals surface area (Å²) in [6.07, 6.45) is 5.51. The Bertz CT molecular complexity index is 374. The number of hydrogen-bond donors (Lipinski definition) is 1. The van der Waals surface area contributed by atoms with Crippen LogP contribution in [0.5, 0.6) is 0 Å². The first-order valence-corrected chi connectivity index (χ1v) is 7.63. The molecule has 0 spiro atoms. The van der Waals surface area contributed by atoms with Gasteiger partial charge in [0.2, 0.25) is 0 Å². The van der Waals surface area contributed by atoms with Crippen molar-refractivity contribution in [1.29, 1.82) is 0 Å². The normalized spacial score (nSPS) is 24.8. The fourth-order valence-electron chi connectivity index (χ4n) is 2.99. The first kappa shape index (κ1) is 14.5. The molecule has 0 radical (unpaired) electrons. The number of rotatable bonds is 6. The number of likely N-dealkylation sites (tertiary alicyclic amines) is 1. The van der Waals surface area contributed by atoms with Crippen molar-refractivity contribution < 1.29 is 0 Å². The zero-order valence-corrected chi connectivity index (χ0v) is 12.6. The molecule has 108 valence electrons. The maximum absolute atomic E-state index is 4.23. The van der Waals surface area contributed by atoms with Crippen LogP contribution in [0.4, 0.5) is 0 Å².